The molecule has 0 radical (unpaired) electrons. The molecule has 0 aromatic carbocycles. The highest BCUT2D eigenvalue weighted by Gasteiger charge is 2.33. The van der Waals surface area contributed by atoms with Crippen molar-refractivity contribution in [3.63, 3.8) is 0 Å². The van der Waals surface area contributed by atoms with Gasteiger partial charge in [-0.25, -0.2) is 9.50 Å². The van der Waals surface area contributed by atoms with E-state index in [0.29, 0.717) is 11.8 Å². The van der Waals surface area contributed by atoms with Crippen molar-refractivity contribution >= 4 is 17.0 Å². The first kappa shape index (κ1) is 12.0. The lowest BCUT2D eigenvalue weighted by Crippen LogP contribution is -2.19. The number of nitrogens with zero attached hydrogens (tertiary/aromatic N) is 2. The third-order valence-electron chi connectivity index (χ3n) is 2.53. The fourth-order valence-corrected chi connectivity index (χ4v) is 2.39. The van der Waals surface area contributed by atoms with Crippen LogP contribution in [0.3, 0.4) is 0 Å². The lowest BCUT2D eigenvalue weighted by Gasteiger charge is -2.04. The summed E-state index contributed by atoms with van der Waals surface area (Å²) >= 11 is 1.41. The zero-order valence-electron chi connectivity index (χ0n) is 9.23. The Balaban J connectivity index is 2.24. The van der Waals surface area contributed by atoms with E-state index in [4.69, 9.17) is 0 Å². The first-order valence-electron chi connectivity index (χ1n) is 5.19. The quantitative estimate of drug-likeness (QED) is 0.747. The summed E-state index contributed by atoms with van der Waals surface area (Å²) in [5.41, 5.74) is -1.48. The summed E-state index contributed by atoms with van der Waals surface area (Å²) in [5.74, 6) is 0. The van der Waals surface area contributed by atoms with Gasteiger partial charge in [-0.15, -0.1) is 11.3 Å². The summed E-state index contributed by atoms with van der Waals surface area (Å²) in [6, 6.07) is 5.50. The Hall–Kier alpha value is -2.09. The molecule has 98 valence electrons. The summed E-state index contributed by atoms with van der Waals surface area (Å²) in [4.78, 5) is 15.9. The number of aromatic amines is 1. The molecule has 0 fully saturated rings. The fourth-order valence-electron chi connectivity index (χ4n) is 1.69. The van der Waals surface area contributed by atoms with E-state index in [0.717, 1.165) is 9.39 Å². The molecule has 8 heteroatoms. The fraction of sp³-hybridized carbons (Fsp3) is 0.0909. The summed E-state index contributed by atoms with van der Waals surface area (Å²) in [5, 5.41) is 4.56. The lowest BCUT2D eigenvalue weighted by atomic mass is 10.3. The van der Waals surface area contributed by atoms with Crippen molar-refractivity contribution in [2.24, 2.45) is 0 Å². The van der Waals surface area contributed by atoms with Crippen molar-refractivity contribution < 1.29 is 13.2 Å². The Kier molecular flexibility index (Phi) is 2.49. The molecule has 0 saturated heterocycles. The highest BCUT2D eigenvalue weighted by atomic mass is 32.1. The van der Waals surface area contributed by atoms with E-state index in [2.05, 4.69) is 10.1 Å². The van der Waals surface area contributed by atoms with Crippen LogP contribution in [0.1, 0.15) is 5.69 Å². The molecule has 0 spiro atoms. The maximum absolute atomic E-state index is 12.6. The van der Waals surface area contributed by atoms with Crippen molar-refractivity contribution in [1.82, 2.24) is 14.6 Å². The number of hydrogen-bond donors (Lipinski definition) is 1. The molecule has 0 saturated carbocycles. The van der Waals surface area contributed by atoms with Crippen LogP contribution in [0.4, 0.5) is 13.2 Å². The number of thiophene rings is 1. The van der Waals surface area contributed by atoms with Crippen molar-refractivity contribution in [2.75, 3.05) is 0 Å². The predicted molar refractivity (Wildman–Crippen MR) is 64.1 cm³/mol. The SMILES string of the molecule is O=c1cc(C(F)(F)F)nc2cc(-c3cccs3)[nH]n12. The van der Waals surface area contributed by atoms with Crippen LogP contribution in [-0.4, -0.2) is 14.6 Å². The summed E-state index contributed by atoms with van der Waals surface area (Å²) in [6.45, 7) is 0. The Labute approximate surface area is 108 Å². The number of nitrogens with one attached hydrogen (secondary N) is 1. The van der Waals surface area contributed by atoms with Crippen molar-refractivity contribution in [3.05, 3.63) is 45.7 Å². The molecule has 19 heavy (non-hydrogen) atoms. The van der Waals surface area contributed by atoms with Gasteiger partial charge in [0.15, 0.2) is 11.3 Å². The lowest BCUT2D eigenvalue weighted by molar-refractivity contribution is -0.141. The Morgan fingerprint density at radius 2 is 2.11 bits per heavy atom. The highest BCUT2D eigenvalue weighted by Crippen LogP contribution is 2.28. The van der Waals surface area contributed by atoms with Crippen LogP contribution in [0.2, 0.25) is 0 Å². The average molecular weight is 285 g/mol. The van der Waals surface area contributed by atoms with Crippen LogP contribution in [0.25, 0.3) is 16.2 Å². The van der Waals surface area contributed by atoms with E-state index in [1.807, 2.05) is 11.4 Å². The van der Waals surface area contributed by atoms with E-state index in [1.165, 1.54) is 17.4 Å². The molecule has 0 aliphatic heterocycles. The van der Waals surface area contributed by atoms with E-state index in [-0.39, 0.29) is 5.65 Å². The molecular weight excluding hydrogens is 279 g/mol. The van der Waals surface area contributed by atoms with Gasteiger partial charge < -0.3 is 0 Å². The van der Waals surface area contributed by atoms with Crippen LogP contribution >= 0.6 is 11.3 Å². The molecule has 3 heterocycles. The molecular formula is C11H6F3N3OS. The van der Waals surface area contributed by atoms with Gasteiger partial charge in [0.2, 0.25) is 0 Å². The molecule has 0 unspecified atom stereocenters. The molecule has 4 nitrogen and oxygen atoms in total. The van der Waals surface area contributed by atoms with Gasteiger partial charge in [0.25, 0.3) is 5.56 Å². The second-order valence-corrected chi connectivity index (χ2v) is 4.77. The van der Waals surface area contributed by atoms with Gasteiger partial charge in [-0.3, -0.25) is 9.89 Å². The molecule has 1 N–H and O–H groups in total. The maximum atomic E-state index is 12.6. The number of H-pyrrole nitrogens is 1. The molecule has 0 bridgehead atoms. The summed E-state index contributed by atoms with van der Waals surface area (Å²) < 4.78 is 38.7. The molecule has 0 aliphatic rings. The molecule has 0 amide bonds. The number of fused-ring (bicyclic) bond motifs is 1. The van der Waals surface area contributed by atoms with Crippen molar-refractivity contribution in [1.29, 1.82) is 0 Å². The number of rotatable bonds is 1. The third kappa shape index (κ3) is 2.03. The molecule has 3 aromatic heterocycles. The van der Waals surface area contributed by atoms with E-state index < -0.39 is 17.4 Å². The average Bonchev–Trinajstić information content (AvgIpc) is 2.95. The minimum atomic E-state index is -4.63. The highest BCUT2D eigenvalue weighted by molar-refractivity contribution is 7.13. The van der Waals surface area contributed by atoms with Crippen LogP contribution < -0.4 is 5.56 Å². The zero-order valence-corrected chi connectivity index (χ0v) is 10.0. The first-order valence-corrected chi connectivity index (χ1v) is 6.07. The van der Waals surface area contributed by atoms with Gasteiger partial charge in [0.05, 0.1) is 10.6 Å². The van der Waals surface area contributed by atoms with E-state index in [1.54, 1.807) is 6.07 Å². The predicted octanol–water partition coefficient (Wildman–Crippen LogP) is 2.77. The second kappa shape index (κ2) is 3.95. The number of hydrogen-bond acceptors (Lipinski definition) is 3. The summed E-state index contributed by atoms with van der Waals surface area (Å²) in [7, 11) is 0. The van der Waals surface area contributed by atoms with Gasteiger partial charge in [0, 0.05) is 12.1 Å². The van der Waals surface area contributed by atoms with Crippen LogP contribution in [0.5, 0.6) is 0 Å². The van der Waals surface area contributed by atoms with Gasteiger partial charge in [-0.2, -0.15) is 13.2 Å². The van der Waals surface area contributed by atoms with Crippen LogP contribution in [0.15, 0.2) is 34.4 Å². The van der Waals surface area contributed by atoms with E-state index in [9.17, 15) is 18.0 Å². The molecule has 3 rings (SSSR count). The van der Waals surface area contributed by atoms with Crippen LogP contribution in [-0.2, 0) is 6.18 Å². The van der Waals surface area contributed by atoms with Gasteiger partial charge >= 0.3 is 6.18 Å². The first-order chi connectivity index (χ1) is 8.95. The van der Waals surface area contributed by atoms with Gasteiger partial charge in [-0.1, -0.05) is 6.07 Å². The minimum Gasteiger partial charge on any atom is -0.288 e. The Bertz CT molecular complexity index is 786. The Morgan fingerprint density at radius 1 is 1.32 bits per heavy atom. The molecule has 0 aliphatic carbocycles. The zero-order chi connectivity index (χ0) is 13.6. The minimum absolute atomic E-state index is 0.0526. The number of halogens is 3. The van der Waals surface area contributed by atoms with E-state index >= 15 is 0 Å². The van der Waals surface area contributed by atoms with Gasteiger partial charge in [0.1, 0.15) is 0 Å². The normalized spacial score (nSPS) is 12.2. The Morgan fingerprint density at radius 3 is 2.74 bits per heavy atom. The molecule has 3 aromatic rings. The topological polar surface area (TPSA) is 50.2 Å². The monoisotopic (exact) mass is 285 g/mol. The number of aromatic nitrogens is 3. The maximum Gasteiger partial charge on any atom is 0.433 e. The smallest absolute Gasteiger partial charge is 0.288 e. The second-order valence-electron chi connectivity index (χ2n) is 3.82. The van der Waals surface area contributed by atoms with Crippen molar-refractivity contribution in [2.45, 2.75) is 6.18 Å². The molecule has 0 atom stereocenters. The van der Waals surface area contributed by atoms with Crippen molar-refractivity contribution in [3.8, 4) is 10.6 Å². The largest absolute Gasteiger partial charge is 0.433 e. The number of alkyl halides is 3. The van der Waals surface area contributed by atoms with Gasteiger partial charge in [-0.05, 0) is 11.4 Å². The summed E-state index contributed by atoms with van der Waals surface area (Å²) in [6.07, 6.45) is -4.63. The third-order valence-corrected chi connectivity index (χ3v) is 3.43. The van der Waals surface area contributed by atoms with Crippen LogP contribution in [0, 0.1) is 0 Å². The standard InChI is InChI=1S/C11H6F3N3OS/c12-11(13,14)8-5-10(18)17-9(15-8)4-6(16-17)7-2-1-3-19-7/h1-5,16H.